The normalized spacial score (nSPS) is 13.2. The van der Waals surface area contributed by atoms with Gasteiger partial charge in [-0.05, 0) is 60.6 Å². The average molecular weight is 629 g/mol. The number of hydrogen-bond acceptors (Lipinski definition) is 9. The van der Waals surface area contributed by atoms with Gasteiger partial charge in [-0.1, -0.05) is 41.5 Å². The van der Waals surface area contributed by atoms with Crippen molar-refractivity contribution in [1.29, 1.82) is 0 Å². The van der Waals surface area contributed by atoms with E-state index in [1.807, 2.05) is 0 Å². The maximum Gasteiger partial charge on any atom is 0.326 e. The lowest BCUT2D eigenvalue weighted by Gasteiger charge is -2.22. The molecule has 0 bridgehead atoms. The molecule has 2 aromatic carbocycles. The van der Waals surface area contributed by atoms with Crippen LogP contribution in [-0.2, 0) is 36.8 Å². The summed E-state index contributed by atoms with van der Waals surface area (Å²) in [6.07, 6.45) is 2.11. The fourth-order valence-corrected chi connectivity index (χ4v) is 4.36. The molecular formula is C28H36N8O7S. The predicted octanol–water partition coefficient (Wildman–Crippen LogP) is 0.875. The van der Waals surface area contributed by atoms with Crippen LogP contribution in [0.2, 0.25) is 0 Å². The lowest BCUT2D eigenvalue weighted by Crippen LogP contribution is -2.55. The van der Waals surface area contributed by atoms with Crippen molar-refractivity contribution in [2.45, 2.75) is 50.4 Å². The Bertz CT molecular complexity index is 1350. The van der Waals surface area contributed by atoms with Crippen molar-refractivity contribution in [2.24, 2.45) is 10.8 Å². The van der Waals surface area contributed by atoms with Crippen molar-refractivity contribution in [3.05, 3.63) is 70.1 Å². The molecule has 44 heavy (non-hydrogen) atoms. The zero-order valence-electron chi connectivity index (χ0n) is 24.2. The highest BCUT2D eigenvalue weighted by Crippen LogP contribution is 2.15. The summed E-state index contributed by atoms with van der Waals surface area (Å²) in [5, 5.41) is 32.2. The van der Waals surface area contributed by atoms with Crippen molar-refractivity contribution in [3.63, 3.8) is 0 Å². The number of amides is 4. The van der Waals surface area contributed by atoms with Gasteiger partial charge in [-0.15, -0.1) is 0 Å². The molecule has 0 saturated carbocycles. The molecule has 4 atom stereocenters. The molecule has 16 heteroatoms. The summed E-state index contributed by atoms with van der Waals surface area (Å²) in [4.78, 5) is 65.2. The monoisotopic (exact) mass is 628 g/mol. The number of azide groups is 1. The molecule has 2 rings (SSSR count). The summed E-state index contributed by atoms with van der Waals surface area (Å²) in [5.41, 5.74) is 16.2. The van der Waals surface area contributed by atoms with Gasteiger partial charge in [0.25, 0.3) is 0 Å². The van der Waals surface area contributed by atoms with Gasteiger partial charge in [0.15, 0.2) is 0 Å². The minimum Gasteiger partial charge on any atom is -0.508 e. The SMILES string of the molecule is CSCCC(NC(=O)[C@H](Cc1ccc(N=[N+]=[N-])cc1)NC(=O)CNC(=O)[C@@H](C)NC(=O)[C@@H](N)Cc1ccc(O)cc1)C(=O)O. The number of carbonyl (C=O) groups is 5. The van der Waals surface area contributed by atoms with E-state index in [-0.39, 0.29) is 25.0 Å². The van der Waals surface area contributed by atoms with Gasteiger partial charge in [-0.2, -0.15) is 11.8 Å². The van der Waals surface area contributed by atoms with Crippen molar-refractivity contribution in [2.75, 3.05) is 18.6 Å². The summed E-state index contributed by atoms with van der Waals surface area (Å²) >= 11 is 1.42. The number of rotatable bonds is 17. The predicted molar refractivity (Wildman–Crippen MR) is 164 cm³/mol. The van der Waals surface area contributed by atoms with E-state index in [0.717, 1.165) is 0 Å². The minimum atomic E-state index is -1.22. The van der Waals surface area contributed by atoms with Gasteiger partial charge in [-0.25, -0.2) is 4.79 Å². The third-order valence-electron chi connectivity index (χ3n) is 6.32. The maximum atomic E-state index is 13.1. The molecule has 0 aliphatic carbocycles. The Hall–Kier alpha value is -4.79. The van der Waals surface area contributed by atoms with Crippen LogP contribution in [0.25, 0.3) is 10.4 Å². The number of nitrogens with two attached hydrogens (primary N) is 1. The van der Waals surface area contributed by atoms with Crippen LogP contribution >= 0.6 is 11.8 Å². The van der Waals surface area contributed by atoms with E-state index in [1.54, 1.807) is 30.5 Å². The number of nitrogens with zero attached hydrogens (tertiary/aromatic N) is 3. The standard InChI is InChI=1S/C28H36N8O7S/c1-16(32-26(40)21(29)13-17-5-9-20(37)10-6-17)25(39)31-15-24(38)33-23(14-18-3-7-19(8-4-18)35-36-30)27(41)34-22(28(42)43)11-12-44-2/h3-10,16,21-23,37H,11-15,29H2,1-2H3,(H,31,39)(H,32,40)(H,33,38)(H,34,41)(H,42,43)/t16-,21+,22?,23+/m1/s1. The zero-order chi connectivity index (χ0) is 32.6. The maximum absolute atomic E-state index is 13.1. The molecule has 2 aromatic rings. The molecule has 0 fully saturated rings. The Kier molecular flexibility index (Phi) is 14.5. The third-order valence-corrected chi connectivity index (χ3v) is 6.96. The number of carbonyl (C=O) groups excluding carboxylic acids is 4. The van der Waals surface area contributed by atoms with Crippen LogP contribution in [0.15, 0.2) is 53.6 Å². The number of aromatic hydroxyl groups is 1. The second-order valence-electron chi connectivity index (χ2n) is 9.79. The fraction of sp³-hybridized carbons (Fsp3) is 0.393. The average Bonchev–Trinajstić information content (AvgIpc) is 2.99. The first-order valence-electron chi connectivity index (χ1n) is 13.5. The van der Waals surface area contributed by atoms with E-state index in [1.165, 1.54) is 43.0 Å². The molecule has 4 amide bonds. The van der Waals surface area contributed by atoms with Gasteiger partial charge < -0.3 is 37.2 Å². The number of phenolic OH excluding ortho intramolecular Hbond substituents is 1. The fourth-order valence-electron chi connectivity index (χ4n) is 3.89. The molecule has 8 N–H and O–H groups in total. The lowest BCUT2D eigenvalue weighted by atomic mass is 10.0. The van der Waals surface area contributed by atoms with Crippen LogP contribution in [0.3, 0.4) is 0 Å². The van der Waals surface area contributed by atoms with Gasteiger partial charge in [0.1, 0.15) is 23.9 Å². The van der Waals surface area contributed by atoms with Gasteiger partial charge >= 0.3 is 5.97 Å². The second kappa shape index (κ2) is 18.0. The van der Waals surface area contributed by atoms with E-state index < -0.39 is 60.3 Å². The Morgan fingerprint density at radius 2 is 1.52 bits per heavy atom. The topological polar surface area (TPSA) is 249 Å². The molecule has 0 aromatic heterocycles. The van der Waals surface area contributed by atoms with E-state index in [0.29, 0.717) is 22.6 Å². The van der Waals surface area contributed by atoms with Gasteiger partial charge in [0.2, 0.25) is 23.6 Å². The van der Waals surface area contributed by atoms with E-state index in [9.17, 15) is 34.2 Å². The van der Waals surface area contributed by atoms with Crippen molar-refractivity contribution in [1.82, 2.24) is 21.3 Å². The number of aliphatic carboxylic acids is 1. The quantitative estimate of drug-likeness (QED) is 0.0745. The van der Waals surface area contributed by atoms with Crippen molar-refractivity contribution in [3.8, 4) is 5.75 Å². The second-order valence-corrected chi connectivity index (χ2v) is 10.8. The molecule has 0 radical (unpaired) electrons. The molecule has 0 aliphatic rings. The first-order chi connectivity index (χ1) is 20.9. The molecule has 236 valence electrons. The van der Waals surface area contributed by atoms with Gasteiger partial charge in [0.05, 0.1) is 12.6 Å². The van der Waals surface area contributed by atoms with Gasteiger partial charge in [0, 0.05) is 17.0 Å². The van der Waals surface area contributed by atoms with Crippen LogP contribution in [0.4, 0.5) is 5.69 Å². The molecule has 0 saturated heterocycles. The largest absolute Gasteiger partial charge is 0.508 e. The van der Waals surface area contributed by atoms with Gasteiger partial charge in [-0.3, -0.25) is 19.2 Å². The third kappa shape index (κ3) is 12.2. The Morgan fingerprint density at radius 3 is 2.11 bits per heavy atom. The molecule has 0 aliphatic heterocycles. The minimum absolute atomic E-state index is 0.0255. The number of carboxylic acids is 1. The number of thioether (sulfide) groups is 1. The smallest absolute Gasteiger partial charge is 0.326 e. The van der Waals surface area contributed by atoms with E-state index in [2.05, 4.69) is 31.3 Å². The van der Waals surface area contributed by atoms with E-state index >= 15 is 0 Å². The molecule has 1 unspecified atom stereocenters. The van der Waals surface area contributed by atoms with Crippen LogP contribution < -0.4 is 27.0 Å². The summed E-state index contributed by atoms with van der Waals surface area (Å²) in [7, 11) is 0. The molecule has 0 spiro atoms. The summed E-state index contributed by atoms with van der Waals surface area (Å²) in [5.74, 6) is -3.40. The number of phenols is 1. The Morgan fingerprint density at radius 1 is 0.909 bits per heavy atom. The van der Waals surface area contributed by atoms with Crippen molar-refractivity contribution >= 4 is 47.0 Å². The highest BCUT2D eigenvalue weighted by molar-refractivity contribution is 7.98. The van der Waals surface area contributed by atoms with Crippen LogP contribution in [0.1, 0.15) is 24.5 Å². The molecule has 0 heterocycles. The lowest BCUT2D eigenvalue weighted by molar-refractivity contribution is -0.142. The number of nitrogens with one attached hydrogen (secondary N) is 4. The summed E-state index contributed by atoms with van der Waals surface area (Å²) in [6.45, 7) is 0.877. The summed E-state index contributed by atoms with van der Waals surface area (Å²) in [6, 6.07) is 8.03. The van der Waals surface area contributed by atoms with Crippen LogP contribution in [0, 0.1) is 0 Å². The zero-order valence-corrected chi connectivity index (χ0v) is 25.0. The first kappa shape index (κ1) is 35.4. The van der Waals surface area contributed by atoms with Crippen molar-refractivity contribution < 1.29 is 34.2 Å². The highest BCUT2D eigenvalue weighted by atomic mass is 32.2. The first-order valence-corrected chi connectivity index (χ1v) is 14.9. The van der Waals surface area contributed by atoms with E-state index in [4.69, 9.17) is 11.3 Å². The molecule has 15 nitrogen and oxygen atoms in total. The number of hydrogen-bond donors (Lipinski definition) is 7. The molecular weight excluding hydrogens is 592 g/mol. The van der Waals surface area contributed by atoms with Crippen LogP contribution in [0.5, 0.6) is 5.75 Å². The Balaban J connectivity index is 2.00. The van der Waals surface area contributed by atoms with Crippen LogP contribution in [-0.4, -0.2) is 82.5 Å². The number of benzene rings is 2. The Labute approximate surface area is 258 Å². The number of carboxylic acid groups (broad SMARTS) is 1. The summed E-state index contributed by atoms with van der Waals surface area (Å²) < 4.78 is 0. The highest BCUT2D eigenvalue weighted by Gasteiger charge is 2.27.